The number of carbonyl (C=O) groups is 1. The molecule has 21 heavy (non-hydrogen) atoms. The van der Waals surface area contributed by atoms with Crippen molar-refractivity contribution in [1.29, 1.82) is 0 Å². The number of aliphatic hydroxyl groups excluding tert-OH is 1. The molecule has 116 valence electrons. The van der Waals surface area contributed by atoms with Gasteiger partial charge >= 0.3 is 0 Å². The minimum absolute atomic E-state index is 0.0155. The summed E-state index contributed by atoms with van der Waals surface area (Å²) in [5.41, 5.74) is 7.24. The molecule has 1 amide bonds. The third-order valence-corrected chi connectivity index (χ3v) is 4.49. The molecule has 2 rings (SSSR count). The lowest BCUT2D eigenvalue weighted by Gasteiger charge is -2.39. The van der Waals surface area contributed by atoms with Crippen LogP contribution in [0.1, 0.15) is 43.7 Å². The number of aliphatic hydroxyl groups is 1. The highest BCUT2D eigenvalue weighted by molar-refractivity contribution is 5.79. The van der Waals surface area contributed by atoms with Gasteiger partial charge in [-0.2, -0.15) is 0 Å². The Bertz CT molecular complexity index is 489. The molecule has 0 aromatic heterocycles. The summed E-state index contributed by atoms with van der Waals surface area (Å²) >= 11 is 0. The van der Waals surface area contributed by atoms with Gasteiger partial charge in [-0.25, -0.2) is 0 Å². The molecule has 4 N–H and O–H groups in total. The highest BCUT2D eigenvalue weighted by Gasteiger charge is 2.35. The first-order valence-electron chi connectivity index (χ1n) is 7.77. The molecule has 0 spiro atoms. The zero-order valence-electron chi connectivity index (χ0n) is 12.8. The van der Waals surface area contributed by atoms with Gasteiger partial charge in [0, 0.05) is 6.54 Å². The van der Waals surface area contributed by atoms with Crippen molar-refractivity contribution in [3.63, 3.8) is 0 Å². The highest BCUT2D eigenvalue weighted by Crippen LogP contribution is 2.32. The van der Waals surface area contributed by atoms with Gasteiger partial charge in [0.2, 0.25) is 5.91 Å². The van der Waals surface area contributed by atoms with E-state index in [1.54, 1.807) is 0 Å². The summed E-state index contributed by atoms with van der Waals surface area (Å²) in [6, 6.07) is 7.75. The van der Waals surface area contributed by atoms with Gasteiger partial charge in [0.05, 0.1) is 18.6 Å². The van der Waals surface area contributed by atoms with Crippen LogP contribution < -0.4 is 11.1 Å². The minimum atomic E-state index is -0.438. The Morgan fingerprint density at radius 2 is 2.14 bits per heavy atom. The molecule has 0 radical (unpaired) electrons. The predicted octanol–water partition coefficient (Wildman–Crippen LogP) is 1.75. The summed E-state index contributed by atoms with van der Waals surface area (Å²) in [7, 11) is 0. The van der Waals surface area contributed by atoms with E-state index in [0.29, 0.717) is 18.9 Å². The summed E-state index contributed by atoms with van der Waals surface area (Å²) in [4.78, 5) is 12.4. The second-order valence-corrected chi connectivity index (χ2v) is 6.34. The molecule has 0 heterocycles. The molecule has 4 nitrogen and oxygen atoms in total. The van der Waals surface area contributed by atoms with Crippen LogP contribution in [-0.4, -0.2) is 23.2 Å². The zero-order valence-corrected chi connectivity index (χ0v) is 12.8. The van der Waals surface area contributed by atoms with Crippen molar-refractivity contribution in [3.05, 3.63) is 35.4 Å². The summed E-state index contributed by atoms with van der Waals surface area (Å²) in [5.74, 6) is 0.515. The Labute approximate surface area is 126 Å². The fourth-order valence-electron chi connectivity index (χ4n) is 3.40. The average molecular weight is 290 g/mol. The van der Waals surface area contributed by atoms with E-state index in [1.807, 2.05) is 24.3 Å². The van der Waals surface area contributed by atoms with Crippen LogP contribution in [0.2, 0.25) is 0 Å². The lowest BCUT2D eigenvalue weighted by molar-refractivity contribution is -0.123. The molecule has 0 saturated heterocycles. The van der Waals surface area contributed by atoms with Crippen LogP contribution in [0, 0.1) is 5.92 Å². The van der Waals surface area contributed by atoms with Gasteiger partial charge in [-0.15, -0.1) is 0 Å². The Morgan fingerprint density at radius 1 is 1.43 bits per heavy atom. The number of carbonyl (C=O) groups excluding carboxylic acids is 1. The van der Waals surface area contributed by atoms with Gasteiger partial charge in [-0.3, -0.25) is 4.79 Å². The molecule has 4 heteroatoms. The van der Waals surface area contributed by atoms with E-state index in [-0.39, 0.29) is 12.5 Å². The Kier molecular flexibility index (Phi) is 5.37. The van der Waals surface area contributed by atoms with Crippen LogP contribution in [0.3, 0.4) is 0 Å². The van der Waals surface area contributed by atoms with E-state index in [2.05, 4.69) is 12.2 Å². The van der Waals surface area contributed by atoms with E-state index < -0.39 is 5.54 Å². The minimum Gasteiger partial charge on any atom is -0.394 e. The first kappa shape index (κ1) is 16.0. The molecule has 2 unspecified atom stereocenters. The van der Waals surface area contributed by atoms with Crippen LogP contribution in [0.15, 0.2) is 24.3 Å². The number of hydrogen-bond donors (Lipinski definition) is 3. The summed E-state index contributed by atoms with van der Waals surface area (Å²) in [6.07, 6.45) is 4.27. The highest BCUT2D eigenvalue weighted by atomic mass is 16.3. The molecule has 1 aromatic rings. The number of rotatable bonds is 5. The molecule has 0 aliphatic heterocycles. The van der Waals surface area contributed by atoms with E-state index in [9.17, 15) is 9.90 Å². The SMILES string of the molecule is CC1CCCC(CO)(NC(=O)Cc2ccccc2CN)C1. The van der Waals surface area contributed by atoms with Gasteiger partial charge in [-0.05, 0) is 29.9 Å². The molecular weight excluding hydrogens is 264 g/mol. The molecule has 0 bridgehead atoms. The van der Waals surface area contributed by atoms with E-state index in [0.717, 1.165) is 30.4 Å². The normalized spacial score (nSPS) is 25.6. The molecule has 1 saturated carbocycles. The molecule has 2 atom stereocenters. The summed E-state index contributed by atoms with van der Waals surface area (Å²) < 4.78 is 0. The van der Waals surface area contributed by atoms with Crippen LogP contribution in [0.4, 0.5) is 0 Å². The summed E-state index contributed by atoms with van der Waals surface area (Å²) in [5, 5.41) is 12.8. The van der Waals surface area contributed by atoms with E-state index in [1.165, 1.54) is 6.42 Å². The number of benzene rings is 1. The standard InChI is InChI=1S/C17H26N2O2/c1-13-5-4-8-17(10-13,12-20)19-16(21)9-14-6-2-3-7-15(14)11-18/h2-3,6-7,13,20H,4-5,8-12,18H2,1H3,(H,19,21). The van der Waals surface area contributed by atoms with Gasteiger partial charge in [0.25, 0.3) is 0 Å². The van der Waals surface area contributed by atoms with Crippen LogP contribution in [0.25, 0.3) is 0 Å². The van der Waals surface area contributed by atoms with Crippen LogP contribution >= 0.6 is 0 Å². The second kappa shape index (κ2) is 7.05. The van der Waals surface area contributed by atoms with Crippen molar-refractivity contribution in [2.45, 2.75) is 51.1 Å². The Hall–Kier alpha value is -1.39. The number of nitrogens with two attached hydrogens (primary N) is 1. The van der Waals surface area contributed by atoms with Crippen molar-refractivity contribution >= 4 is 5.91 Å². The summed E-state index contributed by atoms with van der Waals surface area (Å²) in [6.45, 7) is 2.63. The third kappa shape index (κ3) is 4.05. The van der Waals surface area contributed by atoms with Crippen molar-refractivity contribution in [2.24, 2.45) is 11.7 Å². The Balaban J connectivity index is 2.03. The zero-order chi connectivity index (χ0) is 15.3. The maximum absolute atomic E-state index is 12.4. The number of hydrogen-bond acceptors (Lipinski definition) is 3. The van der Waals surface area contributed by atoms with Gasteiger partial charge in [0.15, 0.2) is 0 Å². The molecule has 1 aliphatic carbocycles. The maximum Gasteiger partial charge on any atom is 0.224 e. The van der Waals surface area contributed by atoms with Gasteiger partial charge < -0.3 is 16.2 Å². The van der Waals surface area contributed by atoms with Crippen LogP contribution in [-0.2, 0) is 17.8 Å². The monoisotopic (exact) mass is 290 g/mol. The fraction of sp³-hybridized carbons (Fsp3) is 0.588. The fourth-order valence-corrected chi connectivity index (χ4v) is 3.40. The first-order valence-corrected chi connectivity index (χ1v) is 7.77. The van der Waals surface area contributed by atoms with E-state index in [4.69, 9.17) is 5.73 Å². The van der Waals surface area contributed by atoms with Crippen molar-refractivity contribution in [3.8, 4) is 0 Å². The van der Waals surface area contributed by atoms with Gasteiger partial charge in [-0.1, -0.05) is 44.0 Å². The lowest BCUT2D eigenvalue weighted by Crippen LogP contribution is -2.54. The quantitative estimate of drug-likeness (QED) is 0.773. The molecule has 1 aliphatic rings. The van der Waals surface area contributed by atoms with Gasteiger partial charge in [0.1, 0.15) is 0 Å². The second-order valence-electron chi connectivity index (χ2n) is 6.34. The smallest absolute Gasteiger partial charge is 0.224 e. The predicted molar refractivity (Wildman–Crippen MR) is 83.6 cm³/mol. The van der Waals surface area contributed by atoms with Crippen molar-refractivity contribution in [2.75, 3.05) is 6.61 Å². The third-order valence-electron chi connectivity index (χ3n) is 4.49. The largest absolute Gasteiger partial charge is 0.394 e. The molecule has 1 fully saturated rings. The Morgan fingerprint density at radius 3 is 2.76 bits per heavy atom. The lowest BCUT2D eigenvalue weighted by atomic mass is 9.76. The van der Waals surface area contributed by atoms with E-state index >= 15 is 0 Å². The number of nitrogens with one attached hydrogen (secondary N) is 1. The number of amides is 1. The average Bonchev–Trinajstić information content (AvgIpc) is 2.47. The topological polar surface area (TPSA) is 75.3 Å². The maximum atomic E-state index is 12.4. The first-order chi connectivity index (χ1) is 10.1. The molecule has 1 aromatic carbocycles. The molecular formula is C17H26N2O2. The van der Waals surface area contributed by atoms with Crippen molar-refractivity contribution < 1.29 is 9.90 Å². The van der Waals surface area contributed by atoms with Crippen LogP contribution in [0.5, 0.6) is 0 Å². The van der Waals surface area contributed by atoms with Crippen molar-refractivity contribution in [1.82, 2.24) is 5.32 Å².